The second-order valence-corrected chi connectivity index (χ2v) is 7.01. The highest BCUT2D eigenvalue weighted by atomic mass is 19.4. The van der Waals surface area contributed by atoms with E-state index in [9.17, 15) is 22.4 Å². The van der Waals surface area contributed by atoms with Crippen molar-refractivity contribution >= 4 is 5.91 Å². The molecule has 1 aliphatic heterocycles. The second-order valence-electron chi connectivity index (χ2n) is 7.01. The van der Waals surface area contributed by atoms with Crippen LogP contribution in [0.1, 0.15) is 54.1 Å². The highest BCUT2D eigenvalue weighted by molar-refractivity contribution is 5.94. The zero-order chi connectivity index (χ0) is 18.2. The van der Waals surface area contributed by atoms with Gasteiger partial charge in [0.1, 0.15) is 17.2 Å². The maximum Gasteiger partial charge on any atom is 0.435 e. The lowest BCUT2D eigenvalue weighted by molar-refractivity contribution is -0.141. The Hall–Kier alpha value is -1.64. The van der Waals surface area contributed by atoms with Crippen LogP contribution in [0.4, 0.5) is 17.6 Å². The van der Waals surface area contributed by atoms with Crippen molar-refractivity contribution in [2.45, 2.75) is 56.9 Å². The molecule has 2 heterocycles. The predicted molar refractivity (Wildman–Crippen MR) is 82.7 cm³/mol. The van der Waals surface area contributed by atoms with Crippen LogP contribution < -0.4 is 11.1 Å². The fourth-order valence-corrected chi connectivity index (χ4v) is 3.78. The third-order valence-electron chi connectivity index (χ3n) is 5.13. The third-order valence-corrected chi connectivity index (χ3v) is 5.13. The van der Waals surface area contributed by atoms with Gasteiger partial charge in [-0.2, -0.15) is 13.2 Å². The summed E-state index contributed by atoms with van der Waals surface area (Å²) in [4.78, 5) is 16.1. The molecule has 0 spiro atoms. The molecule has 1 aromatic heterocycles. The molecule has 3 rings (SSSR count). The van der Waals surface area contributed by atoms with Crippen LogP contribution >= 0.6 is 0 Å². The first-order chi connectivity index (χ1) is 11.7. The van der Waals surface area contributed by atoms with E-state index in [2.05, 4.69) is 10.3 Å². The minimum absolute atomic E-state index is 0.0776. The number of fused-ring (bicyclic) bond motifs is 1. The number of aryl methyl sites for hydroxylation is 1. The Kier molecular flexibility index (Phi) is 4.78. The Balaban J connectivity index is 1.75. The number of hydrogen-bond acceptors (Lipinski definition) is 3. The predicted octanol–water partition coefficient (Wildman–Crippen LogP) is 2.44. The first-order valence-electron chi connectivity index (χ1n) is 8.57. The summed E-state index contributed by atoms with van der Waals surface area (Å²) in [6, 6.07) is 0. The number of carbonyl (C=O) groups is 1. The van der Waals surface area contributed by atoms with Gasteiger partial charge in [0.25, 0.3) is 5.91 Å². The molecule has 1 fully saturated rings. The molecule has 2 aliphatic rings. The molecule has 1 aromatic rings. The van der Waals surface area contributed by atoms with Crippen molar-refractivity contribution in [3.8, 4) is 0 Å². The van der Waals surface area contributed by atoms with E-state index in [4.69, 9.17) is 5.73 Å². The fraction of sp³-hybridized carbons (Fsp3) is 0.750. The van der Waals surface area contributed by atoms with E-state index in [0.717, 1.165) is 6.42 Å². The largest absolute Gasteiger partial charge is 0.435 e. The standard InChI is InChI=1S/C16H22F4N4O/c17-15(9-21)5-4-10(7-15)8-22-14(25)12-13(16(18,19)20)23-11-3-1-2-6-24(11)12/h10H,1-9,21H2,(H,22,25)/t10-,15+/m0/s1. The van der Waals surface area contributed by atoms with Crippen molar-refractivity contribution in [2.75, 3.05) is 13.1 Å². The SMILES string of the molecule is NC[C@@]1(F)CC[C@H](CNC(=O)c2c(C(F)(F)F)nc3n2CCCC3)C1. The molecule has 0 unspecified atom stereocenters. The lowest BCUT2D eigenvalue weighted by Crippen LogP contribution is -2.34. The van der Waals surface area contributed by atoms with Crippen LogP contribution in [0, 0.1) is 5.92 Å². The molecule has 2 atom stereocenters. The molecule has 140 valence electrons. The summed E-state index contributed by atoms with van der Waals surface area (Å²) in [6.07, 6.45) is -1.68. The van der Waals surface area contributed by atoms with Crippen molar-refractivity contribution in [1.82, 2.24) is 14.9 Å². The maximum atomic E-state index is 14.1. The molecule has 0 bridgehead atoms. The molecular weight excluding hydrogens is 340 g/mol. The van der Waals surface area contributed by atoms with Crippen LogP contribution in [0.15, 0.2) is 0 Å². The third kappa shape index (κ3) is 3.65. The van der Waals surface area contributed by atoms with E-state index in [1.165, 1.54) is 4.57 Å². The van der Waals surface area contributed by atoms with E-state index in [1.54, 1.807) is 0 Å². The number of aromatic nitrogens is 2. The molecule has 25 heavy (non-hydrogen) atoms. The minimum Gasteiger partial charge on any atom is -0.350 e. The fourth-order valence-electron chi connectivity index (χ4n) is 3.78. The number of alkyl halides is 4. The molecule has 1 amide bonds. The Morgan fingerprint density at radius 1 is 1.40 bits per heavy atom. The summed E-state index contributed by atoms with van der Waals surface area (Å²) in [5.41, 5.74) is 2.43. The van der Waals surface area contributed by atoms with Gasteiger partial charge in [-0.05, 0) is 38.0 Å². The zero-order valence-electron chi connectivity index (χ0n) is 13.8. The van der Waals surface area contributed by atoms with Crippen LogP contribution in [0.3, 0.4) is 0 Å². The molecule has 9 heteroatoms. The Bertz CT molecular complexity index is 657. The van der Waals surface area contributed by atoms with E-state index >= 15 is 0 Å². The summed E-state index contributed by atoms with van der Waals surface area (Å²) in [6.45, 7) is 0.416. The smallest absolute Gasteiger partial charge is 0.350 e. The average Bonchev–Trinajstić information content (AvgIpc) is 3.14. The van der Waals surface area contributed by atoms with Gasteiger partial charge in [-0.3, -0.25) is 4.79 Å². The van der Waals surface area contributed by atoms with Crippen LogP contribution in [0.5, 0.6) is 0 Å². The Labute approximate surface area is 143 Å². The van der Waals surface area contributed by atoms with Crippen LogP contribution in [0.25, 0.3) is 0 Å². The summed E-state index contributed by atoms with van der Waals surface area (Å²) < 4.78 is 55.3. The van der Waals surface area contributed by atoms with Crippen molar-refractivity contribution in [3.05, 3.63) is 17.2 Å². The molecule has 0 aromatic carbocycles. The molecule has 0 radical (unpaired) electrons. The highest BCUT2D eigenvalue weighted by Crippen LogP contribution is 2.37. The number of amides is 1. The minimum atomic E-state index is -4.68. The van der Waals surface area contributed by atoms with Crippen LogP contribution in [0.2, 0.25) is 0 Å². The molecule has 1 aliphatic carbocycles. The number of nitrogens with two attached hydrogens (primary N) is 1. The van der Waals surface area contributed by atoms with Gasteiger partial charge < -0.3 is 15.6 Å². The maximum absolute atomic E-state index is 14.1. The summed E-state index contributed by atoms with van der Waals surface area (Å²) in [5, 5.41) is 2.54. The van der Waals surface area contributed by atoms with Crippen molar-refractivity contribution in [2.24, 2.45) is 11.7 Å². The molecule has 3 N–H and O–H groups in total. The van der Waals surface area contributed by atoms with Gasteiger partial charge in [-0.15, -0.1) is 0 Å². The first-order valence-corrected chi connectivity index (χ1v) is 8.57. The van der Waals surface area contributed by atoms with Crippen LogP contribution in [-0.2, 0) is 19.1 Å². The number of hydrogen-bond donors (Lipinski definition) is 2. The summed E-state index contributed by atoms with van der Waals surface area (Å²) >= 11 is 0. The van der Waals surface area contributed by atoms with Crippen molar-refractivity contribution in [1.29, 1.82) is 0 Å². The number of halogens is 4. The number of rotatable bonds is 4. The first kappa shape index (κ1) is 18.2. The average molecular weight is 362 g/mol. The number of nitrogens with zero attached hydrogens (tertiary/aromatic N) is 2. The lowest BCUT2D eigenvalue weighted by Gasteiger charge is -2.18. The van der Waals surface area contributed by atoms with Gasteiger partial charge >= 0.3 is 6.18 Å². The number of carbonyl (C=O) groups excluding carboxylic acids is 1. The van der Waals surface area contributed by atoms with Gasteiger partial charge in [0.2, 0.25) is 0 Å². The van der Waals surface area contributed by atoms with Crippen LogP contribution in [-0.4, -0.2) is 34.2 Å². The van der Waals surface area contributed by atoms with Crippen molar-refractivity contribution in [3.63, 3.8) is 0 Å². The Morgan fingerprint density at radius 2 is 2.16 bits per heavy atom. The monoisotopic (exact) mass is 362 g/mol. The van der Waals surface area contributed by atoms with Gasteiger partial charge in [0.15, 0.2) is 5.69 Å². The van der Waals surface area contributed by atoms with E-state index in [-0.39, 0.29) is 25.4 Å². The van der Waals surface area contributed by atoms with E-state index < -0.39 is 29.1 Å². The Morgan fingerprint density at radius 3 is 2.80 bits per heavy atom. The number of nitrogens with one attached hydrogen (secondary N) is 1. The summed E-state index contributed by atoms with van der Waals surface area (Å²) in [7, 11) is 0. The molecule has 0 saturated heterocycles. The van der Waals surface area contributed by atoms with Gasteiger partial charge in [-0.25, -0.2) is 9.37 Å². The van der Waals surface area contributed by atoms with Gasteiger partial charge in [0.05, 0.1) is 0 Å². The van der Waals surface area contributed by atoms with Gasteiger partial charge in [-0.1, -0.05) is 0 Å². The quantitative estimate of drug-likeness (QED) is 0.808. The number of imidazole rings is 1. The normalized spacial score (nSPS) is 26.5. The van der Waals surface area contributed by atoms with Crippen molar-refractivity contribution < 1.29 is 22.4 Å². The molecular formula is C16H22F4N4O. The molecule has 1 saturated carbocycles. The summed E-state index contributed by atoms with van der Waals surface area (Å²) in [5.74, 6) is -0.608. The lowest BCUT2D eigenvalue weighted by atomic mass is 10.0. The highest BCUT2D eigenvalue weighted by Gasteiger charge is 2.42. The molecule has 5 nitrogen and oxygen atoms in total. The zero-order valence-corrected chi connectivity index (χ0v) is 13.8. The van der Waals surface area contributed by atoms with E-state index in [0.29, 0.717) is 38.1 Å². The second kappa shape index (κ2) is 6.59. The van der Waals surface area contributed by atoms with Gasteiger partial charge in [0, 0.05) is 26.1 Å². The van der Waals surface area contributed by atoms with E-state index in [1.807, 2.05) is 0 Å². The topological polar surface area (TPSA) is 72.9 Å².